The van der Waals surface area contributed by atoms with E-state index in [-0.39, 0.29) is 5.75 Å². The second-order valence-electron chi connectivity index (χ2n) is 6.42. The van der Waals surface area contributed by atoms with Gasteiger partial charge in [-0.05, 0) is 29.8 Å². The second kappa shape index (κ2) is 5.74. The average Bonchev–Trinajstić information content (AvgIpc) is 3.28. The number of phenols is 1. The predicted molar refractivity (Wildman–Crippen MR) is 105 cm³/mol. The molecule has 0 radical (unpaired) electrons. The predicted octanol–water partition coefficient (Wildman–Crippen LogP) is 3.63. The number of aromatic amines is 1. The fourth-order valence-corrected chi connectivity index (χ4v) is 3.67. The minimum Gasteiger partial charge on any atom is -0.508 e. The van der Waals surface area contributed by atoms with Crippen molar-refractivity contribution in [2.45, 2.75) is 0 Å². The first-order chi connectivity index (χ1) is 12.8. The number of nitrogens with one attached hydrogen (secondary N) is 2. The van der Waals surface area contributed by atoms with Gasteiger partial charge in [0.15, 0.2) is 6.21 Å². The van der Waals surface area contributed by atoms with Crippen molar-refractivity contribution >= 4 is 34.0 Å². The number of aromatic hydroxyl groups is 1. The molecule has 0 fully saturated rings. The van der Waals surface area contributed by atoms with Crippen molar-refractivity contribution in [1.29, 1.82) is 0 Å². The summed E-state index contributed by atoms with van der Waals surface area (Å²) < 4.78 is 0. The molecule has 3 N–H and O–H groups in total. The molecule has 0 saturated carbocycles. The Bertz CT molecular complexity index is 1200. The highest BCUT2D eigenvalue weighted by Crippen LogP contribution is 2.38. The Kier molecular flexibility index (Phi) is 3.25. The SMILES string of the molecule is Oc1cccc(C(=C2C=[NH+]c3ccccc32)c2c[nH]c3ccccc23)c1. The zero-order valence-corrected chi connectivity index (χ0v) is 14.0. The van der Waals surface area contributed by atoms with E-state index in [0.717, 1.165) is 44.4 Å². The Balaban J connectivity index is 1.86. The zero-order valence-electron chi connectivity index (χ0n) is 14.0. The summed E-state index contributed by atoms with van der Waals surface area (Å²) in [6.45, 7) is 0. The van der Waals surface area contributed by atoms with Gasteiger partial charge in [0.05, 0.1) is 11.1 Å². The van der Waals surface area contributed by atoms with Gasteiger partial charge in [-0.2, -0.15) is 0 Å². The molecule has 0 unspecified atom stereocenters. The molecule has 1 aliphatic rings. The number of allylic oxidation sites excluding steroid dienone is 1. The lowest BCUT2D eigenvalue weighted by molar-refractivity contribution is -0.342. The first-order valence-electron chi connectivity index (χ1n) is 8.60. The number of benzene rings is 3. The molecule has 0 aliphatic carbocycles. The molecule has 124 valence electrons. The van der Waals surface area contributed by atoms with E-state index in [1.165, 1.54) is 0 Å². The monoisotopic (exact) mass is 337 g/mol. The van der Waals surface area contributed by atoms with Crippen molar-refractivity contribution in [2.75, 3.05) is 0 Å². The van der Waals surface area contributed by atoms with Gasteiger partial charge in [-0.3, -0.25) is 0 Å². The maximum atomic E-state index is 10.1. The molecule has 2 heterocycles. The second-order valence-corrected chi connectivity index (χ2v) is 6.42. The molecule has 3 heteroatoms. The van der Waals surface area contributed by atoms with E-state index in [1.54, 1.807) is 6.07 Å². The van der Waals surface area contributed by atoms with Gasteiger partial charge in [0, 0.05) is 34.3 Å². The fourth-order valence-electron chi connectivity index (χ4n) is 3.67. The smallest absolute Gasteiger partial charge is 0.211 e. The fraction of sp³-hybridized carbons (Fsp3) is 0. The number of aromatic nitrogens is 1. The lowest BCUT2D eigenvalue weighted by Crippen LogP contribution is -2.58. The van der Waals surface area contributed by atoms with Crippen LogP contribution in [0.3, 0.4) is 0 Å². The highest BCUT2D eigenvalue weighted by atomic mass is 16.3. The average molecular weight is 337 g/mol. The van der Waals surface area contributed by atoms with Crippen molar-refractivity contribution in [3.8, 4) is 5.75 Å². The molecule has 0 atom stereocenters. The summed E-state index contributed by atoms with van der Waals surface area (Å²) in [4.78, 5) is 6.74. The van der Waals surface area contributed by atoms with Crippen LogP contribution < -0.4 is 4.99 Å². The Morgan fingerprint density at radius 3 is 2.65 bits per heavy atom. The van der Waals surface area contributed by atoms with Gasteiger partial charge in [-0.1, -0.05) is 42.5 Å². The van der Waals surface area contributed by atoms with Crippen LogP contribution in [0.5, 0.6) is 5.75 Å². The van der Waals surface area contributed by atoms with Gasteiger partial charge in [-0.25, -0.2) is 4.99 Å². The van der Waals surface area contributed by atoms with Gasteiger partial charge in [0.2, 0.25) is 5.69 Å². The third-order valence-corrected chi connectivity index (χ3v) is 4.85. The quantitative estimate of drug-likeness (QED) is 0.514. The summed E-state index contributed by atoms with van der Waals surface area (Å²) in [7, 11) is 0. The van der Waals surface area contributed by atoms with Crippen LogP contribution in [0.2, 0.25) is 0 Å². The van der Waals surface area contributed by atoms with Crippen LogP contribution >= 0.6 is 0 Å². The first kappa shape index (κ1) is 14.7. The molecule has 4 aromatic rings. The highest BCUT2D eigenvalue weighted by Gasteiger charge is 2.24. The van der Waals surface area contributed by atoms with Crippen molar-refractivity contribution in [2.24, 2.45) is 0 Å². The standard InChI is InChI=1S/C23H16N2O/c26-16-7-5-6-15(12-16)23(19-13-24-21-10-3-1-8-17(19)21)20-14-25-22-11-4-2-9-18(20)22/h1-14,24,26H/p+1. The molecule has 0 spiro atoms. The van der Waals surface area contributed by atoms with E-state index in [2.05, 4.69) is 46.4 Å². The van der Waals surface area contributed by atoms with Crippen LogP contribution in [0.1, 0.15) is 16.7 Å². The Hall–Kier alpha value is -3.59. The third-order valence-electron chi connectivity index (χ3n) is 4.85. The lowest BCUT2D eigenvalue weighted by Gasteiger charge is -2.10. The summed E-state index contributed by atoms with van der Waals surface area (Å²) in [5, 5.41) is 11.2. The first-order valence-corrected chi connectivity index (χ1v) is 8.60. The van der Waals surface area contributed by atoms with Crippen LogP contribution in [0.25, 0.3) is 22.0 Å². The van der Waals surface area contributed by atoms with Crippen molar-refractivity contribution in [1.82, 2.24) is 4.98 Å². The number of fused-ring (bicyclic) bond motifs is 2. The van der Waals surface area contributed by atoms with Crippen LogP contribution in [-0.2, 0) is 0 Å². The van der Waals surface area contributed by atoms with Gasteiger partial charge in [-0.15, -0.1) is 0 Å². The van der Waals surface area contributed by atoms with Crippen LogP contribution in [0.15, 0.2) is 79.0 Å². The van der Waals surface area contributed by atoms with Crippen molar-refractivity contribution in [3.63, 3.8) is 0 Å². The summed E-state index contributed by atoms with van der Waals surface area (Å²) in [6, 6.07) is 24.0. The summed E-state index contributed by atoms with van der Waals surface area (Å²) in [5.74, 6) is 0.264. The van der Waals surface area contributed by atoms with E-state index < -0.39 is 0 Å². The van der Waals surface area contributed by atoms with E-state index >= 15 is 0 Å². The summed E-state index contributed by atoms with van der Waals surface area (Å²) in [5.41, 5.74) is 7.68. The van der Waals surface area contributed by atoms with E-state index in [4.69, 9.17) is 0 Å². The van der Waals surface area contributed by atoms with Gasteiger partial charge in [0.1, 0.15) is 5.75 Å². The molecule has 0 bridgehead atoms. The molecule has 26 heavy (non-hydrogen) atoms. The number of H-pyrrole nitrogens is 1. The topological polar surface area (TPSA) is 50.0 Å². The normalized spacial score (nSPS) is 14.6. The Labute approximate surface area is 151 Å². The van der Waals surface area contributed by atoms with Crippen LogP contribution in [0, 0.1) is 0 Å². The minimum absolute atomic E-state index is 0.264. The molecule has 3 aromatic carbocycles. The number of hydrogen-bond donors (Lipinski definition) is 3. The number of phenolic OH excluding ortho intramolecular Hbond substituents is 1. The highest BCUT2D eigenvalue weighted by molar-refractivity contribution is 6.24. The van der Waals surface area contributed by atoms with Gasteiger partial charge >= 0.3 is 0 Å². The number of para-hydroxylation sites is 2. The molecule has 1 aromatic heterocycles. The molecule has 0 saturated heterocycles. The number of rotatable bonds is 2. The zero-order chi connectivity index (χ0) is 17.5. The maximum absolute atomic E-state index is 10.1. The Morgan fingerprint density at radius 2 is 1.73 bits per heavy atom. The Morgan fingerprint density at radius 1 is 0.885 bits per heavy atom. The molecule has 0 amide bonds. The third kappa shape index (κ3) is 2.25. The van der Waals surface area contributed by atoms with Gasteiger partial charge < -0.3 is 10.1 Å². The largest absolute Gasteiger partial charge is 0.508 e. The molecule has 1 aliphatic heterocycles. The van der Waals surface area contributed by atoms with Crippen LogP contribution in [0.4, 0.5) is 5.69 Å². The van der Waals surface area contributed by atoms with Crippen LogP contribution in [-0.4, -0.2) is 16.3 Å². The molecule has 3 nitrogen and oxygen atoms in total. The van der Waals surface area contributed by atoms with Gasteiger partial charge in [0.25, 0.3) is 0 Å². The maximum Gasteiger partial charge on any atom is 0.211 e. The van der Waals surface area contributed by atoms with E-state index in [9.17, 15) is 5.11 Å². The molecule has 5 rings (SSSR count). The summed E-state index contributed by atoms with van der Waals surface area (Å²) in [6.07, 6.45) is 4.09. The summed E-state index contributed by atoms with van der Waals surface area (Å²) >= 11 is 0. The number of hydrogen-bond acceptors (Lipinski definition) is 1. The minimum atomic E-state index is 0.264. The molecular weight excluding hydrogens is 320 g/mol. The van der Waals surface area contributed by atoms with E-state index in [1.807, 2.05) is 42.7 Å². The van der Waals surface area contributed by atoms with E-state index in [0.29, 0.717) is 0 Å². The molecular formula is C23H17N2O+. The lowest BCUT2D eigenvalue weighted by atomic mass is 9.90. The van der Waals surface area contributed by atoms with Crippen molar-refractivity contribution in [3.05, 3.63) is 95.7 Å². The van der Waals surface area contributed by atoms with Crippen molar-refractivity contribution < 1.29 is 10.1 Å².